The van der Waals surface area contributed by atoms with Gasteiger partial charge in [0.15, 0.2) is 0 Å². The van der Waals surface area contributed by atoms with E-state index in [-0.39, 0.29) is 0 Å². The number of ether oxygens (including phenoxy) is 1. The van der Waals surface area contributed by atoms with E-state index in [0.29, 0.717) is 5.88 Å². The Morgan fingerprint density at radius 2 is 1.89 bits per heavy atom. The van der Waals surface area contributed by atoms with Gasteiger partial charge in [-0.2, -0.15) is 0 Å². The molecule has 0 saturated heterocycles. The topological polar surface area (TPSA) is 38.2 Å². The van der Waals surface area contributed by atoms with Gasteiger partial charge in [-0.15, -0.1) is 0 Å². The lowest BCUT2D eigenvalue weighted by Gasteiger charge is -2.19. The number of hydrogen-bond acceptors (Lipinski definition) is 4. The average Bonchev–Trinajstić information content (AvgIpc) is 2.41. The van der Waals surface area contributed by atoms with Crippen LogP contribution in [0.25, 0.3) is 0 Å². The number of rotatable bonds is 5. The summed E-state index contributed by atoms with van der Waals surface area (Å²) in [6.07, 6.45) is 1.54. The van der Waals surface area contributed by atoms with Gasteiger partial charge in [-0.3, -0.25) is 0 Å². The fourth-order valence-electron chi connectivity index (χ4n) is 1.91. The van der Waals surface area contributed by atoms with E-state index >= 15 is 0 Å². The van der Waals surface area contributed by atoms with Crippen molar-refractivity contribution in [1.82, 2.24) is 9.97 Å². The Labute approximate surface area is 114 Å². The van der Waals surface area contributed by atoms with Gasteiger partial charge >= 0.3 is 0 Å². The largest absolute Gasteiger partial charge is 0.439 e. The van der Waals surface area contributed by atoms with Crippen molar-refractivity contribution in [2.45, 2.75) is 20.8 Å². The van der Waals surface area contributed by atoms with Crippen molar-refractivity contribution < 1.29 is 4.74 Å². The van der Waals surface area contributed by atoms with Crippen LogP contribution in [0.4, 0.5) is 5.82 Å². The van der Waals surface area contributed by atoms with E-state index in [4.69, 9.17) is 4.74 Å². The zero-order valence-corrected chi connectivity index (χ0v) is 11.6. The molecule has 0 radical (unpaired) electrons. The molecule has 0 amide bonds. The summed E-state index contributed by atoms with van der Waals surface area (Å²) < 4.78 is 5.76. The molecule has 0 atom stereocenters. The molecule has 100 valence electrons. The van der Waals surface area contributed by atoms with E-state index in [0.717, 1.165) is 30.2 Å². The van der Waals surface area contributed by atoms with Crippen LogP contribution in [0.2, 0.25) is 0 Å². The van der Waals surface area contributed by atoms with Gasteiger partial charge < -0.3 is 9.64 Å². The highest BCUT2D eigenvalue weighted by Gasteiger charge is 2.06. The van der Waals surface area contributed by atoms with E-state index < -0.39 is 0 Å². The standard InChI is InChI=1S/C15H19N3O/c1-4-18(5-2)14-10-15(17-11-16-14)19-13-8-6-7-12(3)9-13/h6-11H,4-5H2,1-3H3. The number of aromatic nitrogens is 2. The maximum Gasteiger partial charge on any atom is 0.224 e. The summed E-state index contributed by atoms with van der Waals surface area (Å²) in [6.45, 7) is 8.07. The molecule has 4 nitrogen and oxygen atoms in total. The van der Waals surface area contributed by atoms with Gasteiger partial charge in [0, 0.05) is 19.2 Å². The fraction of sp³-hybridized carbons (Fsp3) is 0.333. The molecular formula is C15H19N3O. The second-order valence-corrected chi connectivity index (χ2v) is 4.31. The maximum absolute atomic E-state index is 5.76. The molecule has 1 aromatic carbocycles. The van der Waals surface area contributed by atoms with Crippen LogP contribution in [0, 0.1) is 6.92 Å². The monoisotopic (exact) mass is 257 g/mol. The van der Waals surface area contributed by atoms with Crippen LogP contribution < -0.4 is 9.64 Å². The zero-order chi connectivity index (χ0) is 13.7. The van der Waals surface area contributed by atoms with E-state index in [2.05, 4.69) is 28.7 Å². The first-order valence-corrected chi connectivity index (χ1v) is 6.54. The Bertz CT molecular complexity index is 538. The first-order valence-electron chi connectivity index (χ1n) is 6.54. The Morgan fingerprint density at radius 3 is 2.58 bits per heavy atom. The third-order valence-corrected chi connectivity index (χ3v) is 2.93. The quantitative estimate of drug-likeness (QED) is 0.822. The lowest BCUT2D eigenvalue weighted by molar-refractivity contribution is 0.461. The van der Waals surface area contributed by atoms with Gasteiger partial charge in [0.1, 0.15) is 17.9 Å². The van der Waals surface area contributed by atoms with E-state index in [1.807, 2.05) is 37.3 Å². The first-order chi connectivity index (χ1) is 9.22. The van der Waals surface area contributed by atoms with Gasteiger partial charge in [-0.1, -0.05) is 12.1 Å². The molecule has 2 rings (SSSR count). The Hall–Kier alpha value is -2.10. The second kappa shape index (κ2) is 6.18. The highest BCUT2D eigenvalue weighted by molar-refractivity contribution is 5.41. The molecule has 1 heterocycles. The van der Waals surface area contributed by atoms with Gasteiger partial charge in [-0.05, 0) is 38.5 Å². The highest BCUT2D eigenvalue weighted by atomic mass is 16.5. The molecule has 19 heavy (non-hydrogen) atoms. The van der Waals surface area contributed by atoms with Crippen molar-refractivity contribution in [3.8, 4) is 11.6 Å². The van der Waals surface area contributed by atoms with Crippen molar-refractivity contribution >= 4 is 5.82 Å². The van der Waals surface area contributed by atoms with Crippen LogP contribution >= 0.6 is 0 Å². The minimum atomic E-state index is 0.572. The molecule has 0 aliphatic rings. The number of nitrogens with zero attached hydrogens (tertiary/aromatic N) is 3. The van der Waals surface area contributed by atoms with Crippen molar-refractivity contribution in [2.24, 2.45) is 0 Å². The lowest BCUT2D eigenvalue weighted by Crippen LogP contribution is -2.22. The Balaban J connectivity index is 2.19. The third kappa shape index (κ3) is 3.44. The van der Waals surface area contributed by atoms with Crippen molar-refractivity contribution in [2.75, 3.05) is 18.0 Å². The third-order valence-electron chi connectivity index (χ3n) is 2.93. The summed E-state index contributed by atoms with van der Waals surface area (Å²) in [5.41, 5.74) is 1.16. The van der Waals surface area contributed by atoms with Crippen LogP contribution in [0.3, 0.4) is 0 Å². The van der Waals surface area contributed by atoms with Gasteiger partial charge in [0.2, 0.25) is 5.88 Å². The molecule has 0 saturated carbocycles. The van der Waals surface area contributed by atoms with Crippen LogP contribution in [-0.2, 0) is 0 Å². The smallest absolute Gasteiger partial charge is 0.224 e. The summed E-state index contributed by atoms with van der Waals surface area (Å²) in [5, 5.41) is 0. The summed E-state index contributed by atoms with van der Waals surface area (Å²) in [6, 6.07) is 9.78. The highest BCUT2D eigenvalue weighted by Crippen LogP contribution is 2.22. The Morgan fingerprint density at radius 1 is 1.11 bits per heavy atom. The second-order valence-electron chi connectivity index (χ2n) is 4.31. The Kier molecular flexibility index (Phi) is 4.34. The molecule has 0 aliphatic heterocycles. The molecule has 1 aromatic heterocycles. The first kappa shape index (κ1) is 13.3. The van der Waals surface area contributed by atoms with Crippen LogP contribution in [0.15, 0.2) is 36.7 Å². The lowest BCUT2D eigenvalue weighted by atomic mass is 10.2. The minimum Gasteiger partial charge on any atom is -0.439 e. The number of hydrogen-bond donors (Lipinski definition) is 0. The number of aryl methyl sites for hydroxylation is 1. The van der Waals surface area contributed by atoms with Crippen LogP contribution in [0.1, 0.15) is 19.4 Å². The molecule has 0 bridgehead atoms. The summed E-state index contributed by atoms with van der Waals surface area (Å²) in [4.78, 5) is 10.6. The molecule has 0 aliphatic carbocycles. The molecule has 2 aromatic rings. The maximum atomic E-state index is 5.76. The fourth-order valence-corrected chi connectivity index (χ4v) is 1.91. The average molecular weight is 257 g/mol. The molecule has 0 N–H and O–H groups in total. The van der Waals surface area contributed by atoms with E-state index in [1.54, 1.807) is 6.33 Å². The van der Waals surface area contributed by atoms with E-state index in [9.17, 15) is 0 Å². The molecule has 0 spiro atoms. The molecule has 4 heteroatoms. The predicted molar refractivity (Wildman–Crippen MR) is 76.8 cm³/mol. The van der Waals surface area contributed by atoms with Crippen LogP contribution in [-0.4, -0.2) is 23.1 Å². The summed E-state index contributed by atoms with van der Waals surface area (Å²) >= 11 is 0. The van der Waals surface area contributed by atoms with Gasteiger partial charge in [0.05, 0.1) is 0 Å². The molecular weight excluding hydrogens is 238 g/mol. The number of benzene rings is 1. The SMILES string of the molecule is CCN(CC)c1cc(Oc2cccc(C)c2)ncn1. The molecule has 0 fully saturated rings. The summed E-state index contributed by atoms with van der Waals surface area (Å²) in [7, 11) is 0. The van der Waals surface area contributed by atoms with Crippen molar-refractivity contribution in [3.63, 3.8) is 0 Å². The van der Waals surface area contributed by atoms with Gasteiger partial charge in [0.25, 0.3) is 0 Å². The zero-order valence-electron chi connectivity index (χ0n) is 11.6. The normalized spacial score (nSPS) is 10.3. The van der Waals surface area contributed by atoms with Gasteiger partial charge in [-0.25, -0.2) is 9.97 Å². The van der Waals surface area contributed by atoms with Crippen molar-refractivity contribution in [1.29, 1.82) is 0 Å². The minimum absolute atomic E-state index is 0.572. The van der Waals surface area contributed by atoms with E-state index in [1.165, 1.54) is 0 Å². The van der Waals surface area contributed by atoms with Crippen LogP contribution in [0.5, 0.6) is 11.6 Å². The summed E-state index contributed by atoms with van der Waals surface area (Å²) in [5.74, 6) is 2.26. The molecule has 0 unspecified atom stereocenters. The number of anilines is 1. The van der Waals surface area contributed by atoms with Crippen molar-refractivity contribution in [3.05, 3.63) is 42.2 Å². The predicted octanol–water partition coefficient (Wildman–Crippen LogP) is 3.42.